The standard InChI is InChI=1S/C16H32N2O12S2/c19-5-7(21)9(23)11(25)13(27)15(29)17-1-3-31-32-4-2-18-16(30)14(28)12(26)10(24)8(22)6-20/h7-14,19-28H,1-6H2,(H,17,29)(H,18,30)/t7-,8-,9-,10-,11+,12+,13-,14-/m1/s1. The summed E-state index contributed by atoms with van der Waals surface area (Å²) in [6.45, 7) is -1.56. The van der Waals surface area contributed by atoms with Gasteiger partial charge < -0.3 is 61.7 Å². The Labute approximate surface area is 191 Å². The molecule has 0 aliphatic heterocycles. The van der Waals surface area contributed by atoms with Crippen molar-refractivity contribution < 1.29 is 60.7 Å². The summed E-state index contributed by atoms with van der Waals surface area (Å²) < 4.78 is 0. The Morgan fingerprint density at radius 1 is 0.594 bits per heavy atom. The van der Waals surface area contributed by atoms with Crippen LogP contribution in [0.2, 0.25) is 0 Å². The largest absolute Gasteiger partial charge is 0.394 e. The third-order valence-corrected chi connectivity index (χ3v) is 6.51. The van der Waals surface area contributed by atoms with Crippen LogP contribution < -0.4 is 10.6 Å². The molecule has 190 valence electrons. The van der Waals surface area contributed by atoms with E-state index in [1.54, 1.807) is 0 Å². The molecule has 0 bridgehead atoms. The summed E-state index contributed by atoms with van der Waals surface area (Å²) in [4.78, 5) is 23.4. The number of rotatable bonds is 17. The van der Waals surface area contributed by atoms with Crippen molar-refractivity contribution in [3.63, 3.8) is 0 Å². The van der Waals surface area contributed by atoms with Gasteiger partial charge in [0.2, 0.25) is 0 Å². The van der Waals surface area contributed by atoms with Crippen molar-refractivity contribution in [1.82, 2.24) is 10.6 Å². The van der Waals surface area contributed by atoms with Crippen molar-refractivity contribution >= 4 is 33.4 Å². The fourth-order valence-electron chi connectivity index (χ4n) is 2.11. The monoisotopic (exact) mass is 508 g/mol. The summed E-state index contributed by atoms with van der Waals surface area (Å²) in [6.07, 6.45) is -15.3. The van der Waals surface area contributed by atoms with Gasteiger partial charge in [0.25, 0.3) is 11.8 Å². The van der Waals surface area contributed by atoms with E-state index in [-0.39, 0.29) is 13.1 Å². The van der Waals surface area contributed by atoms with E-state index in [1.807, 2.05) is 0 Å². The molecule has 0 aliphatic carbocycles. The van der Waals surface area contributed by atoms with Crippen LogP contribution in [0.15, 0.2) is 0 Å². The number of carbonyl (C=O) groups is 2. The lowest BCUT2D eigenvalue weighted by molar-refractivity contribution is -0.149. The Morgan fingerprint density at radius 2 is 0.906 bits per heavy atom. The van der Waals surface area contributed by atoms with Gasteiger partial charge in [0.15, 0.2) is 12.2 Å². The summed E-state index contributed by atoms with van der Waals surface area (Å²) in [5.41, 5.74) is 0. The highest BCUT2D eigenvalue weighted by Gasteiger charge is 2.34. The normalized spacial score (nSPS) is 19.2. The van der Waals surface area contributed by atoms with Crippen molar-refractivity contribution in [1.29, 1.82) is 0 Å². The highest BCUT2D eigenvalue weighted by molar-refractivity contribution is 8.76. The molecule has 0 aromatic carbocycles. The first kappa shape index (κ1) is 31.2. The minimum Gasteiger partial charge on any atom is -0.394 e. The van der Waals surface area contributed by atoms with Gasteiger partial charge >= 0.3 is 0 Å². The molecule has 0 aromatic heterocycles. The van der Waals surface area contributed by atoms with E-state index in [0.29, 0.717) is 11.5 Å². The number of hydrogen-bond donors (Lipinski definition) is 12. The van der Waals surface area contributed by atoms with Gasteiger partial charge in [-0.05, 0) is 0 Å². The first-order valence-electron chi connectivity index (χ1n) is 9.45. The lowest BCUT2D eigenvalue weighted by Gasteiger charge is -2.25. The predicted octanol–water partition coefficient (Wildman–Crippen LogP) is -6.53. The molecule has 0 rings (SSSR count). The maximum atomic E-state index is 11.7. The maximum absolute atomic E-state index is 11.7. The average molecular weight is 509 g/mol. The minimum atomic E-state index is -2.02. The fraction of sp³-hybridized carbons (Fsp3) is 0.875. The smallest absolute Gasteiger partial charge is 0.251 e. The zero-order chi connectivity index (χ0) is 24.8. The number of amides is 2. The predicted molar refractivity (Wildman–Crippen MR) is 113 cm³/mol. The first-order valence-corrected chi connectivity index (χ1v) is 11.9. The average Bonchev–Trinajstić information content (AvgIpc) is 2.80. The minimum absolute atomic E-state index is 0.0846. The molecule has 0 unspecified atom stereocenters. The number of nitrogens with one attached hydrogen (secondary N) is 2. The van der Waals surface area contributed by atoms with Gasteiger partial charge in [0, 0.05) is 24.6 Å². The molecule has 12 N–H and O–H groups in total. The van der Waals surface area contributed by atoms with E-state index < -0.39 is 73.9 Å². The maximum Gasteiger partial charge on any atom is 0.251 e. The van der Waals surface area contributed by atoms with Gasteiger partial charge in [-0.3, -0.25) is 9.59 Å². The van der Waals surface area contributed by atoms with Gasteiger partial charge in [0.1, 0.15) is 36.6 Å². The van der Waals surface area contributed by atoms with E-state index in [4.69, 9.17) is 10.2 Å². The second kappa shape index (κ2) is 16.8. The molecule has 8 atom stereocenters. The molecule has 16 heteroatoms. The zero-order valence-electron chi connectivity index (χ0n) is 17.0. The molecule has 0 heterocycles. The molecule has 0 spiro atoms. The van der Waals surface area contributed by atoms with Gasteiger partial charge in [-0.2, -0.15) is 0 Å². The van der Waals surface area contributed by atoms with Crippen LogP contribution in [-0.2, 0) is 9.59 Å². The summed E-state index contributed by atoms with van der Waals surface area (Å²) in [7, 11) is 2.56. The topological polar surface area (TPSA) is 260 Å². The van der Waals surface area contributed by atoms with Crippen LogP contribution in [0.5, 0.6) is 0 Å². The molecule has 0 aromatic rings. The first-order chi connectivity index (χ1) is 15.0. The third kappa shape index (κ3) is 10.9. The second-order valence-corrected chi connectivity index (χ2v) is 9.28. The lowest BCUT2D eigenvalue weighted by atomic mass is 10.0. The van der Waals surface area contributed by atoms with E-state index in [9.17, 15) is 50.4 Å². The van der Waals surface area contributed by atoms with E-state index >= 15 is 0 Å². The molecule has 14 nitrogen and oxygen atoms in total. The Morgan fingerprint density at radius 3 is 1.19 bits per heavy atom. The van der Waals surface area contributed by atoms with Crippen LogP contribution in [-0.4, -0.2) is 150 Å². The lowest BCUT2D eigenvalue weighted by Crippen LogP contribution is -2.51. The Balaban J connectivity index is 4.00. The summed E-state index contributed by atoms with van der Waals surface area (Å²) in [5.74, 6) is -1.25. The highest BCUT2D eigenvalue weighted by Crippen LogP contribution is 2.19. The molecule has 0 radical (unpaired) electrons. The quantitative estimate of drug-likeness (QED) is 0.0644. The number of aliphatic hydroxyl groups excluding tert-OH is 10. The third-order valence-electron chi connectivity index (χ3n) is 4.10. The Hall–Kier alpha value is -0.760. The fourth-order valence-corrected chi connectivity index (χ4v) is 3.93. The van der Waals surface area contributed by atoms with Crippen molar-refractivity contribution in [2.24, 2.45) is 0 Å². The van der Waals surface area contributed by atoms with Crippen molar-refractivity contribution in [2.45, 2.75) is 48.8 Å². The van der Waals surface area contributed by atoms with Crippen LogP contribution in [0, 0.1) is 0 Å². The van der Waals surface area contributed by atoms with Gasteiger partial charge in [-0.1, -0.05) is 21.6 Å². The second-order valence-electron chi connectivity index (χ2n) is 6.58. The number of aliphatic hydroxyl groups is 10. The van der Waals surface area contributed by atoms with E-state index in [2.05, 4.69) is 10.6 Å². The van der Waals surface area contributed by atoms with Crippen molar-refractivity contribution in [3.05, 3.63) is 0 Å². The molecule has 0 saturated carbocycles. The summed E-state index contributed by atoms with van der Waals surface area (Å²) in [6, 6.07) is 0. The van der Waals surface area contributed by atoms with Crippen LogP contribution >= 0.6 is 21.6 Å². The molecular formula is C16H32N2O12S2. The van der Waals surface area contributed by atoms with Crippen LogP contribution in [0.3, 0.4) is 0 Å². The molecule has 0 aliphatic rings. The molecule has 0 fully saturated rings. The van der Waals surface area contributed by atoms with Gasteiger partial charge in [-0.15, -0.1) is 0 Å². The molecule has 32 heavy (non-hydrogen) atoms. The number of hydrogen-bond acceptors (Lipinski definition) is 14. The zero-order valence-corrected chi connectivity index (χ0v) is 18.6. The van der Waals surface area contributed by atoms with Gasteiger partial charge in [0.05, 0.1) is 13.2 Å². The Bertz CT molecular complexity index is 503. The SMILES string of the molecule is O=C(NCCSSCCNC(=O)[C@H](O)[C@@H](O)[C@H](O)[C@H](O)CO)[C@H](O)[C@@H](O)[C@H](O)[C@H](O)CO. The number of carbonyl (C=O) groups excluding carboxylic acids is 2. The highest BCUT2D eigenvalue weighted by atomic mass is 33.1. The van der Waals surface area contributed by atoms with Crippen LogP contribution in [0.25, 0.3) is 0 Å². The summed E-state index contributed by atoms with van der Waals surface area (Å²) in [5, 5.41) is 97.8. The van der Waals surface area contributed by atoms with E-state index in [1.165, 1.54) is 21.6 Å². The van der Waals surface area contributed by atoms with E-state index in [0.717, 1.165) is 0 Å². The molecule has 0 saturated heterocycles. The van der Waals surface area contributed by atoms with Crippen molar-refractivity contribution in [2.75, 3.05) is 37.8 Å². The van der Waals surface area contributed by atoms with Crippen molar-refractivity contribution in [3.8, 4) is 0 Å². The summed E-state index contributed by atoms with van der Waals surface area (Å²) >= 11 is 0. The van der Waals surface area contributed by atoms with Gasteiger partial charge in [-0.25, -0.2) is 0 Å². The molecular weight excluding hydrogens is 476 g/mol. The van der Waals surface area contributed by atoms with Crippen LogP contribution in [0.1, 0.15) is 0 Å². The Kier molecular flexibility index (Phi) is 16.4. The van der Waals surface area contributed by atoms with Crippen LogP contribution in [0.4, 0.5) is 0 Å². The molecule has 2 amide bonds.